The third-order valence-corrected chi connectivity index (χ3v) is 3.04. The van der Waals surface area contributed by atoms with E-state index >= 15 is 0 Å². The Balaban J connectivity index is 2.21. The fourth-order valence-electron chi connectivity index (χ4n) is 1.98. The minimum atomic E-state index is -0.198. The maximum Gasteiger partial charge on any atom is 0.258 e. The lowest BCUT2D eigenvalue weighted by Gasteiger charge is -2.09. The summed E-state index contributed by atoms with van der Waals surface area (Å²) < 4.78 is 5.14. The number of aliphatic hydroxyl groups is 1. The smallest absolute Gasteiger partial charge is 0.258 e. The van der Waals surface area contributed by atoms with E-state index in [4.69, 9.17) is 9.52 Å². The molecule has 2 aromatic rings. The summed E-state index contributed by atoms with van der Waals surface area (Å²) >= 11 is 0. The van der Waals surface area contributed by atoms with Crippen LogP contribution in [0, 0.1) is 18.8 Å². The molecule has 4 nitrogen and oxygen atoms in total. The lowest BCUT2D eigenvalue weighted by atomic mass is 10.1. The number of hydrogen-bond donors (Lipinski definition) is 2. The summed E-state index contributed by atoms with van der Waals surface area (Å²) in [5.74, 6) is 5.97. The maximum atomic E-state index is 12.1. The second-order valence-electron chi connectivity index (χ2n) is 4.59. The van der Waals surface area contributed by atoms with E-state index in [1.54, 1.807) is 13.0 Å². The van der Waals surface area contributed by atoms with E-state index < -0.39 is 0 Å². The first-order valence-corrected chi connectivity index (χ1v) is 6.73. The van der Waals surface area contributed by atoms with E-state index in [2.05, 4.69) is 17.2 Å². The molecule has 1 heterocycles. The van der Waals surface area contributed by atoms with E-state index in [-0.39, 0.29) is 12.5 Å². The van der Waals surface area contributed by atoms with Crippen molar-refractivity contribution >= 4 is 11.6 Å². The van der Waals surface area contributed by atoms with Crippen LogP contribution >= 0.6 is 0 Å². The van der Waals surface area contributed by atoms with Crippen molar-refractivity contribution in [3.63, 3.8) is 0 Å². The predicted octanol–water partition coefficient (Wildman–Crippen LogP) is 2.75. The molecule has 1 aromatic heterocycles. The molecule has 108 valence electrons. The number of aliphatic hydroxyl groups excluding tert-OH is 1. The van der Waals surface area contributed by atoms with E-state index in [0.29, 0.717) is 11.3 Å². The van der Waals surface area contributed by atoms with E-state index in [0.717, 1.165) is 23.2 Å². The zero-order valence-electron chi connectivity index (χ0n) is 12.1. The van der Waals surface area contributed by atoms with Gasteiger partial charge in [0.15, 0.2) is 0 Å². The summed E-state index contributed by atoms with van der Waals surface area (Å²) in [6, 6.07) is 7.25. The number of hydrogen-bond acceptors (Lipinski definition) is 3. The van der Waals surface area contributed by atoms with E-state index in [1.807, 2.05) is 25.1 Å². The Bertz CT molecular complexity index is 704. The first-order valence-electron chi connectivity index (χ1n) is 6.73. The second-order valence-corrected chi connectivity index (χ2v) is 4.59. The number of rotatable bonds is 3. The zero-order valence-corrected chi connectivity index (χ0v) is 12.1. The fourth-order valence-corrected chi connectivity index (χ4v) is 1.98. The van der Waals surface area contributed by atoms with Gasteiger partial charge in [-0.25, -0.2) is 0 Å². The number of nitrogens with one attached hydrogen (secondary N) is 1. The number of anilines is 1. The van der Waals surface area contributed by atoms with Gasteiger partial charge in [0.1, 0.15) is 18.6 Å². The molecular formula is C17H17NO3. The minimum Gasteiger partial charge on any atom is -0.469 e. The molecule has 1 amide bonds. The molecule has 0 aliphatic carbocycles. The fraction of sp³-hybridized carbons (Fsp3) is 0.235. The molecule has 0 saturated heterocycles. The molecule has 0 bridgehead atoms. The van der Waals surface area contributed by atoms with Crippen LogP contribution < -0.4 is 5.32 Å². The van der Waals surface area contributed by atoms with Crippen molar-refractivity contribution in [2.24, 2.45) is 0 Å². The minimum absolute atomic E-state index is 0.167. The number of amides is 1. The Kier molecular flexibility index (Phi) is 4.81. The van der Waals surface area contributed by atoms with Gasteiger partial charge in [-0.3, -0.25) is 4.79 Å². The average Bonchev–Trinajstić information content (AvgIpc) is 2.92. The molecule has 0 spiro atoms. The highest BCUT2D eigenvalue weighted by Gasteiger charge is 2.11. The summed E-state index contributed by atoms with van der Waals surface area (Å²) in [4.78, 5) is 12.1. The lowest BCUT2D eigenvalue weighted by molar-refractivity contribution is 0.102. The van der Waals surface area contributed by atoms with Gasteiger partial charge in [-0.2, -0.15) is 0 Å². The quantitative estimate of drug-likeness (QED) is 0.851. The SMILES string of the molecule is CCc1cc(C#CCO)ccc1NC(=O)c1coc(C)c1. The van der Waals surface area contributed by atoms with Crippen LogP contribution in [0.25, 0.3) is 0 Å². The maximum absolute atomic E-state index is 12.1. The number of carbonyl (C=O) groups is 1. The Labute approximate surface area is 123 Å². The topological polar surface area (TPSA) is 62.5 Å². The van der Waals surface area contributed by atoms with Crippen molar-refractivity contribution in [1.82, 2.24) is 0 Å². The van der Waals surface area contributed by atoms with Crippen molar-refractivity contribution in [3.05, 3.63) is 53.0 Å². The van der Waals surface area contributed by atoms with Crippen LogP contribution in [0.1, 0.15) is 34.2 Å². The van der Waals surface area contributed by atoms with Crippen molar-refractivity contribution in [2.45, 2.75) is 20.3 Å². The van der Waals surface area contributed by atoms with Gasteiger partial charge in [0, 0.05) is 11.3 Å². The summed E-state index contributed by atoms with van der Waals surface area (Å²) in [7, 11) is 0. The Morgan fingerprint density at radius 2 is 2.19 bits per heavy atom. The molecule has 0 aliphatic heterocycles. The highest BCUT2D eigenvalue weighted by atomic mass is 16.3. The predicted molar refractivity (Wildman–Crippen MR) is 81.2 cm³/mol. The summed E-state index contributed by atoms with van der Waals surface area (Å²) in [5.41, 5.74) is 3.07. The molecule has 1 aromatic carbocycles. The summed E-state index contributed by atoms with van der Waals surface area (Å²) in [5, 5.41) is 11.6. The molecule has 0 saturated carbocycles. The number of carbonyl (C=O) groups excluding carboxylic acids is 1. The third kappa shape index (κ3) is 3.74. The molecule has 4 heteroatoms. The van der Waals surface area contributed by atoms with Gasteiger partial charge in [-0.1, -0.05) is 18.8 Å². The standard InChI is InChI=1S/C17H17NO3/c1-3-14-10-13(5-4-8-19)6-7-16(14)18-17(20)15-9-12(2)21-11-15/h6-7,9-11,19H,3,8H2,1-2H3,(H,18,20). The Hall–Kier alpha value is -2.51. The molecule has 2 rings (SSSR count). The van der Waals surface area contributed by atoms with Gasteiger partial charge >= 0.3 is 0 Å². The summed E-state index contributed by atoms with van der Waals surface area (Å²) in [6.07, 6.45) is 2.21. The van der Waals surface area contributed by atoms with Crippen LogP contribution in [0.4, 0.5) is 5.69 Å². The molecule has 21 heavy (non-hydrogen) atoms. The highest BCUT2D eigenvalue weighted by molar-refractivity contribution is 6.04. The first kappa shape index (κ1) is 14.9. The van der Waals surface area contributed by atoms with E-state index in [9.17, 15) is 4.79 Å². The van der Waals surface area contributed by atoms with Crippen LogP contribution in [-0.4, -0.2) is 17.6 Å². The zero-order chi connectivity index (χ0) is 15.2. The van der Waals surface area contributed by atoms with Crippen molar-refractivity contribution < 1.29 is 14.3 Å². The van der Waals surface area contributed by atoms with Gasteiger partial charge in [-0.05, 0) is 43.2 Å². The normalized spacial score (nSPS) is 9.86. The number of aryl methyl sites for hydroxylation is 2. The van der Waals surface area contributed by atoms with E-state index in [1.165, 1.54) is 6.26 Å². The summed E-state index contributed by atoms with van der Waals surface area (Å²) in [6.45, 7) is 3.64. The molecule has 0 unspecified atom stereocenters. The van der Waals surface area contributed by atoms with Crippen LogP contribution in [0.3, 0.4) is 0 Å². The van der Waals surface area contributed by atoms with Crippen LogP contribution in [0.15, 0.2) is 34.9 Å². The molecule has 0 aliphatic rings. The molecule has 0 fully saturated rings. The van der Waals surface area contributed by atoms with Crippen molar-refractivity contribution in [1.29, 1.82) is 0 Å². The van der Waals surface area contributed by atoms with Gasteiger partial charge in [0.25, 0.3) is 5.91 Å². The van der Waals surface area contributed by atoms with Crippen LogP contribution in [0.2, 0.25) is 0 Å². The number of furan rings is 1. The Morgan fingerprint density at radius 3 is 2.81 bits per heavy atom. The van der Waals surface area contributed by atoms with Gasteiger partial charge < -0.3 is 14.8 Å². The first-order chi connectivity index (χ1) is 10.1. The lowest BCUT2D eigenvalue weighted by Crippen LogP contribution is -2.12. The van der Waals surface area contributed by atoms with Crippen molar-refractivity contribution in [2.75, 3.05) is 11.9 Å². The number of benzene rings is 1. The molecule has 0 radical (unpaired) electrons. The van der Waals surface area contributed by atoms with Gasteiger partial charge in [0.05, 0.1) is 5.56 Å². The van der Waals surface area contributed by atoms with Gasteiger partial charge in [-0.15, -0.1) is 0 Å². The van der Waals surface area contributed by atoms with Crippen molar-refractivity contribution in [3.8, 4) is 11.8 Å². The second kappa shape index (κ2) is 6.78. The highest BCUT2D eigenvalue weighted by Crippen LogP contribution is 2.19. The van der Waals surface area contributed by atoms with Crippen LogP contribution in [-0.2, 0) is 6.42 Å². The molecular weight excluding hydrogens is 266 g/mol. The van der Waals surface area contributed by atoms with Crippen LogP contribution in [0.5, 0.6) is 0 Å². The Morgan fingerprint density at radius 1 is 1.38 bits per heavy atom. The average molecular weight is 283 g/mol. The molecule has 0 atom stereocenters. The monoisotopic (exact) mass is 283 g/mol. The third-order valence-electron chi connectivity index (χ3n) is 3.04. The van der Waals surface area contributed by atoms with Gasteiger partial charge in [0.2, 0.25) is 0 Å². The largest absolute Gasteiger partial charge is 0.469 e. The molecule has 2 N–H and O–H groups in total.